The van der Waals surface area contributed by atoms with Crippen LogP contribution in [0.25, 0.3) is 0 Å². The molecule has 0 N–H and O–H groups in total. The van der Waals surface area contributed by atoms with Gasteiger partial charge >= 0.3 is 17.8 Å². The van der Waals surface area contributed by atoms with E-state index in [1.165, 1.54) is 4.90 Å². The number of imide groups is 2. The Bertz CT molecular complexity index is 821. The summed E-state index contributed by atoms with van der Waals surface area (Å²) in [7, 11) is 3.24. The van der Waals surface area contributed by atoms with Crippen LogP contribution < -0.4 is 9.47 Å². The fourth-order valence-electron chi connectivity index (χ4n) is 4.76. The largest absolute Gasteiger partial charge is 0.497 e. The number of amides is 4. The fourth-order valence-corrected chi connectivity index (χ4v) is 4.76. The molecule has 29 heavy (non-hydrogen) atoms. The number of methoxy groups -OCH3 is 2. The first kappa shape index (κ1) is 19.7. The van der Waals surface area contributed by atoms with Gasteiger partial charge in [0.15, 0.2) is 0 Å². The number of likely N-dealkylation sites (tertiary alicyclic amines) is 1. The van der Waals surface area contributed by atoms with Crippen molar-refractivity contribution >= 4 is 17.8 Å². The van der Waals surface area contributed by atoms with Gasteiger partial charge in [0.05, 0.1) is 20.9 Å². The minimum Gasteiger partial charge on any atom is -0.497 e. The van der Waals surface area contributed by atoms with Crippen molar-refractivity contribution < 1.29 is 23.9 Å². The molecule has 2 heterocycles. The fraction of sp³-hybridized carbons (Fsp3) is 0.571. The molecule has 1 aromatic rings. The summed E-state index contributed by atoms with van der Waals surface area (Å²) in [5.74, 6) is 0.0655. The molecule has 2 aliphatic heterocycles. The zero-order valence-corrected chi connectivity index (χ0v) is 16.9. The highest BCUT2D eigenvalue weighted by atomic mass is 16.5. The average Bonchev–Trinajstić information content (AvgIpc) is 3.46. The molecule has 0 radical (unpaired) electrons. The van der Waals surface area contributed by atoms with E-state index < -0.39 is 17.8 Å². The van der Waals surface area contributed by atoms with Crippen LogP contribution in [0.3, 0.4) is 0 Å². The minimum atomic E-state index is -0.717. The van der Waals surface area contributed by atoms with E-state index in [-0.39, 0.29) is 18.8 Å². The van der Waals surface area contributed by atoms with Crippen LogP contribution >= 0.6 is 0 Å². The highest BCUT2D eigenvalue weighted by Crippen LogP contribution is 2.39. The predicted molar refractivity (Wildman–Crippen MR) is 104 cm³/mol. The van der Waals surface area contributed by atoms with Crippen molar-refractivity contribution in [3.05, 3.63) is 23.8 Å². The van der Waals surface area contributed by atoms with Crippen LogP contribution in [0.5, 0.6) is 11.5 Å². The van der Waals surface area contributed by atoms with Gasteiger partial charge in [-0.3, -0.25) is 19.4 Å². The summed E-state index contributed by atoms with van der Waals surface area (Å²) in [6.45, 7) is 0.845. The molecule has 3 aliphatic rings. The Morgan fingerprint density at radius 3 is 2.41 bits per heavy atom. The van der Waals surface area contributed by atoms with Gasteiger partial charge in [-0.05, 0) is 43.9 Å². The molecule has 0 bridgehead atoms. The lowest BCUT2D eigenvalue weighted by molar-refractivity contribution is -0.144. The second kappa shape index (κ2) is 8.02. The van der Waals surface area contributed by atoms with Crippen LogP contribution in [0.4, 0.5) is 4.79 Å². The van der Waals surface area contributed by atoms with E-state index in [1.807, 2.05) is 18.2 Å². The van der Waals surface area contributed by atoms with Crippen LogP contribution in [-0.2, 0) is 9.59 Å². The van der Waals surface area contributed by atoms with Crippen molar-refractivity contribution in [2.24, 2.45) is 0 Å². The van der Waals surface area contributed by atoms with Gasteiger partial charge in [0.2, 0.25) is 0 Å². The molecule has 4 rings (SSSR count). The molecular weight excluding hydrogens is 374 g/mol. The lowest BCUT2D eigenvalue weighted by atomic mass is 10.0. The Morgan fingerprint density at radius 1 is 0.966 bits per heavy atom. The van der Waals surface area contributed by atoms with Crippen LogP contribution in [0.15, 0.2) is 18.2 Å². The van der Waals surface area contributed by atoms with E-state index in [1.54, 1.807) is 14.2 Å². The average molecular weight is 401 g/mol. The molecule has 1 aliphatic carbocycles. The number of urea groups is 1. The van der Waals surface area contributed by atoms with Gasteiger partial charge in [0.1, 0.15) is 11.5 Å². The number of nitrogens with zero attached hydrogens (tertiary/aromatic N) is 3. The smallest absolute Gasteiger partial charge is 0.335 e. The molecule has 1 atom stereocenters. The maximum Gasteiger partial charge on any atom is 0.335 e. The summed E-state index contributed by atoms with van der Waals surface area (Å²) in [5.41, 5.74) is 0.961. The first-order valence-corrected chi connectivity index (χ1v) is 10.2. The zero-order chi connectivity index (χ0) is 20.5. The van der Waals surface area contributed by atoms with Gasteiger partial charge in [-0.1, -0.05) is 12.8 Å². The molecule has 8 heteroatoms. The van der Waals surface area contributed by atoms with Crippen LogP contribution in [0.1, 0.15) is 50.1 Å². The molecule has 1 aromatic carbocycles. The quantitative estimate of drug-likeness (QED) is 0.538. The number of ether oxygens (including phenoxy) is 2. The minimum absolute atomic E-state index is 0.0173. The summed E-state index contributed by atoms with van der Waals surface area (Å²) in [4.78, 5) is 42.3. The second-order valence-corrected chi connectivity index (χ2v) is 7.85. The zero-order valence-electron chi connectivity index (χ0n) is 16.9. The number of rotatable bonds is 6. The monoisotopic (exact) mass is 401 g/mol. The van der Waals surface area contributed by atoms with E-state index >= 15 is 0 Å². The predicted octanol–water partition coefficient (Wildman–Crippen LogP) is 2.53. The number of hydrogen-bond donors (Lipinski definition) is 0. The Balaban J connectivity index is 1.55. The first-order valence-electron chi connectivity index (χ1n) is 10.2. The van der Waals surface area contributed by atoms with Crippen LogP contribution in [0.2, 0.25) is 0 Å². The molecular formula is C21H27N3O5. The molecule has 3 fully saturated rings. The molecule has 4 amide bonds. The molecule has 0 aromatic heterocycles. The van der Waals surface area contributed by atoms with Gasteiger partial charge < -0.3 is 9.47 Å². The topological polar surface area (TPSA) is 79.4 Å². The third-order valence-electron chi connectivity index (χ3n) is 6.26. The highest BCUT2D eigenvalue weighted by Gasteiger charge is 2.49. The number of benzene rings is 1. The van der Waals surface area contributed by atoms with Crippen molar-refractivity contribution in [1.29, 1.82) is 0 Å². The van der Waals surface area contributed by atoms with Gasteiger partial charge in [-0.25, -0.2) is 9.69 Å². The van der Waals surface area contributed by atoms with E-state index in [4.69, 9.17) is 9.47 Å². The van der Waals surface area contributed by atoms with Crippen LogP contribution in [-0.4, -0.2) is 66.0 Å². The number of hydrogen-bond acceptors (Lipinski definition) is 6. The molecule has 1 saturated carbocycles. The van der Waals surface area contributed by atoms with Crippen molar-refractivity contribution in [2.45, 2.75) is 50.6 Å². The highest BCUT2D eigenvalue weighted by molar-refractivity contribution is 6.44. The van der Waals surface area contributed by atoms with Crippen molar-refractivity contribution in [1.82, 2.24) is 14.7 Å². The third-order valence-corrected chi connectivity index (χ3v) is 6.26. The molecule has 8 nitrogen and oxygen atoms in total. The molecule has 0 spiro atoms. The van der Waals surface area contributed by atoms with E-state index in [9.17, 15) is 14.4 Å². The molecule has 2 saturated heterocycles. The molecule has 156 valence electrons. The van der Waals surface area contributed by atoms with Gasteiger partial charge in [0, 0.05) is 24.2 Å². The SMILES string of the molecule is COc1ccc(OC)c(C2CCCN2CN2C(=O)C(=O)N(C3CCCC3)C2=O)c1. The standard InChI is InChI=1S/C21H27N3O5/c1-28-15-9-10-18(29-2)16(12-15)17-8-5-11-22(17)13-23-19(25)20(26)24(21(23)27)14-6-3-4-7-14/h9-10,12,14,17H,3-8,11,13H2,1-2H3. The summed E-state index contributed by atoms with van der Waals surface area (Å²) in [5, 5.41) is 0. The van der Waals surface area contributed by atoms with Crippen LogP contribution in [0, 0.1) is 0 Å². The van der Waals surface area contributed by atoms with E-state index in [0.717, 1.165) is 67.0 Å². The third kappa shape index (κ3) is 3.46. The van der Waals surface area contributed by atoms with Crippen molar-refractivity contribution in [3.8, 4) is 11.5 Å². The lowest BCUT2D eigenvalue weighted by Gasteiger charge is -2.29. The Hall–Kier alpha value is -2.61. The Morgan fingerprint density at radius 2 is 1.72 bits per heavy atom. The van der Waals surface area contributed by atoms with Gasteiger partial charge in [0.25, 0.3) is 0 Å². The van der Waals surface area contributed by atoms with Gasteiger partial charge in [-0.15, -0.1) is 0 Å². The lowest BCUT2D eigenvalue weighted by Crippen LogP contribution is -2.43. The van der Waals surface area contributed by atoms with Crippen molar-refractivity contribution in [2.75, 3.05) is 27.4 Å². The second-order valence-electron chi connectivity index (χ2n) is 7.85. The summed E-state index contributed by atoms with van der Waals surface area (Å²) < 4.78 is 10.9. The maximum atomic E-state index is 12.9. The number of carbonyl (C=O) groups excluding carboxylic acids is 3. The maximum absolute atomic E-state index is 12.9. The summed E-state index contributed by atoms with van der Waals surface area (Å²) in [6.07, 6.45) is 5.35. The first-order chi connectivity index (χ1) is 14.0. The van der Waals surface area contributed by atoms with Crippen molar-refractivity contribution in [3.63, 3.8) is 0 Å². The normalized spacial score (nSPS) is 23.5. The van der Waals surface area contributed by atoms with E-state index in [2.05, 4.69) is 4.90 Å². The molecule has 1 unspecified atom stereocenters. The number of carbonyl (C=O) groups is 3. The summed E-state index contributed by atoms with van der Waals surface area (Å²) >= 11 is 0. The van der Waals surface area contributed by atoms with E-state index in [0.29, 0.717) is 0 Å². The Labute approximate surface area is 170 Å². The summed E-state index contributed by atoms with van der Waals surface area (Å²) in [6, 6.07) is 5.00. The Kier molecular flexibility index (Phi) is 5.45. The van der Waals surface area contributed by atoms with Gasteiger partial charge in [-0.2, -0.15) is 0 Å².